The van der Waals surface area contributed by atoms with Gasteiger partial charge in [-0.2, -0.15) is 5.26 Å². The van der Waals surface area contributed by atoms with E-state index in [2.05, 4.69) is 25.1 Å². The van der Waals surface area contributed by atoms with Gasteiger partial charge in [-0.3, -0.25) is 0 Å². The standard InChI is InChI=1S/C24H20N2O3/c1-15-2-4-16(5-3-15)14-28-19-9-6-17(7-10-19)23-20-11-8-18(27)12-22(20)29-24(26)21(23)13-25/h2-12,23,27H,14,26H2,1H3/t23-/m1/s1. The van der Waals surface area contributed by atoms with Crippen LogP contribution < -0.4 is 15.2 Å². The summed E-state index contributed by atoms with van der Waals surface area (Å²) < 4.78 is 11.4. The quantitative estimate of drug-likeness (QED) is 0.691. The van der Waals surface area contributed by atoms with Gasteiger partial charge in [-0.25, -0.2) is 0 Å². The molecule has 0 saturated carbocycles. The Hall–Kier alpha value is -3.91. The molecule has 0 bridgehead atoms. The third kappa shape index (κ3) is 3.74. The smallest absolute Gasteiger partial charge is 0.205 e. The Balaban J connectivity index is 1.59. The summed E-state index contributed by atoms with van der Waals surface area (Å²) in [7, 11) is 0. The predicted molar refractivity (Wildman–Crippen MR) is 109 cm³/mol. The maximum absolute atomic E-state index is 9.74. The first kappa shape index (κ1) is 18.5. The summed E-state index contributed by atoms with van der Waals surface area (Å²) in [5.41, 5.74) is 10.3. The van der Waals surface area contributed by atoms with Gasteiger partial charge in [0.15, 0.2) is 0 Å². The zero-order chi connectivity index (χ0) is 20.4. The lowest BCUT2D eigenvalue weighted by atomic mass is 9.83. The minimum absolute atomic E-state index is 0.0512. The summed E-state index contributed by atoms with van der Waals surface area (Å²) in [6.07, 6.45) is 0. The second-order valence-corrected chi connectivity index (χ2v) is 6.99. The molecule has 29 heavy (non-hydrogen) atoms. The number of ether oxygens (including phenoxy) is 2. The number of rotatable bonds is 4. The van der Waals surface area contributed by atoms with Crippen molar-refractivity contribution in [2.75, 3.05) is 0 Å². The maximum atomic E-state index is 9.74. The summed E-state index contributed by atoms with van der Waals surface area (Å²) in [6.45, 7) is 2.53. The van der Waals surface area contributed by atoms with Crippen molar-refractivity contribution in [3.8, 4) is 23.3 Å². The molecule has 3 aromatic carbocycles. The number of aromatic hydroxyl groups is 1. The summed E-state index contributed by atoms with van der Waals surface area (Å²) in [6, 6.07) is 22.8. The van der Waals surface area contributed by atoms with E-state index in [4.69, 9.17) is 15.2 Å². The fourth-order valence-corrected chi connectivity index (χ4v) is 3.39. The fraction of sp³-hybridized carbons (Fsp3) is 0.125. The lowest BCUT2D eigenvalue weighted by molar-refractivity contribution is 0.306. The normalized spacial score (nSPS) is 15.2. The number of phenols is 1. The van der Waals surface area contributed by atoms with Crippen molar-refractivity contribution in [2.24, 2.45) is 5.73 Å². The van der Waals surface area contributed by atoms with Crippen LogP contribution in [0, 0.1) is 18.3 Å². The fourth-order valence-electron chi connectivity index (χ4n) is 3.39. The monoisotopic (exact) mass is 384 g/mol. The molecule has 0 aromatic heterocycles. The van der Waals surface area contributed by atoms with Crippen LogP contribution in [-0.4, -0.2) is 5.11 Å². The molecule has 0 fully saturated rings. The van der Waals surface area contributed by atoms with Crippen LogP contribution in [0.15, 0.2) is 78.2 Å². The first-order valence-electron chi connectivity index (χ1n) is 9.24. The zero-order valence-electron chi connectivity index (χ0n) is 15.9. The molecule has 5 nitrogen and oxygen atoms in total. The van der Waals surface area contributed by atoms with Crippen LogP contribution in [0.25, 0.3) is 0 Å². The molecule has 0 amide bonds. The highest BCUT2D eigenvalue weighted by atomic mass is 16.5. The lowest BCUT2D eigenvalue weighted by Gasteiger charge is -2.26. The van der Waals surface area contributed by atoms with Crippen molar-refractivity contribution in [1.82, 2.24) is 0 Å². The minimum atomic E-state index is -0.365. The Kier molecular flexibility index (Phi) is 4.84. The molecule has 3 N–H and O–H groups in total. The molecule has 5 heteroatoms. The van der Waals surface area contributed by atoms with Crippen LogP contribution in [0.2, 0.25) is 0 Å². The highest BCUT2D eigenvalue weighted by Crippen LogP contribution is 2.43. The Morgan fingerprint density at radius 1 is 1.07 bits per heavy atom. The van der Waals surface area contributed by atoms with Gasteiger partial charge in [0.05, 0.1) is 5.92 Å². The Morgan fingerprint density at radius 2 is 1.79 bits per heavy atom. The van der Waals surface area contributed by atoms with Crippen LogP contribution in [0.3, 0.4) is 0 Å². The van der Waals surface area contributed by atoms with Crippen molar-refractivity contribution < 1.29 is 14.6 Å². The van der Waals surface area contributed by atoms with Gasteiger partial charge < -0.3 is 20.3 Å². The summed E-state index contributed by atoms with van der Waals surface area (Å²) >= 11 is 0. The number of allylic oxidation sites excluding steroid dienone is 1. The van der Waals surface area contributed by atoms with Gasteiger partial charge in [-0.15, -0.1) is 0 Å². The van der Waals surface area contributed by atoms with Crippen molar-refractivity contribution in [1.29, 1.82) is 5.26 Å². The molecule has 1 aliphatic rings. The van der Waals surface area contributed by atoms with Crippen LogP contribution in [-0.2, 0) is 6.61 Å². The van der Waals surface area contributed by atoms with Gasteiger partial charge in [0.25, 0.3) is 0 Å². The molecule has 3 aromatic rings. The van der Waals surface area contributed by atoms with Crippen LogP contribution in [0.4, 0.5) is 0 Å². The van der Waals surface area contributed by atoms with Gasteiger partial charge >= 0.3 is 0 Å². The van der Waals surface area contributed by atoms with Crippen LogP contribution in [0.5, 0.6) is 17.2 Å². The Morgan fingerprint density at radius 3 is 2.48 bits per heavy atom. The van der Waals surface area contributed by atoms with E-state index < -0.39 is 0 Å². The summed E-state index contributed by atoms with van der Waals surface area (Å²) in [5, 5.41) is 19.4. The molecule has 4 rings (SSSR count). The van der Waals surface area contributed by atoms with E-state index in [0.29, 0.717) is 17.9 Å². The predicted octanol–water partition coefficient (Wildman–Crippen LogP) is 4.50. The topological polar surface area (TPSA) is 88.5 Å². The van der Waals surface area contributed by atoms with E-state index in [-0.39, 0.29) is 17.6 Å². The summed E-state index contributed by atoms with van der Waals surface area (Å²) in [5.74, 6) is 0.954. The molecular formula is C24H20N2O3. The zero-order valence-corrected chi connectivity index (χ0v) is 15.9. The first-order chi connectivity index (χ1) is 14.0. The number of nitriles is 1. The Bertz CT molecular complexity index is 1110. The first-order valence-corrected chi connectivity index (χ1v) is 9.24. The molecule has 0 radical (unpaired) electrons. The molecule has 0 spiro atoms. The average molecular weight is 384 g/mol. The van der Waals surface area contributed by atoms with Crippen molar-refractivity contribution >= 4 is 0 Å². The minimum Gasteiger partial charge on any atom is -0.508 e. The molecule has 1 heterocycles. The number of hydrogen-bond donors (Lipinski definition) is 2. The van der Waals surface area contributed by atoms with Crippen molar-refractivity contribution in [3.05, 3.63) is 100 Å². The molecule has 1 atom stereocenters. The molecule has 1 aliphatic heterocycles. The second-order valence-electron chi connectivity index (χ2n) is 6.99. The van der Waals surface area contributed by atoms with Crippen LogP contribution >= 0.6 is 0 Å². The van der Waals surface area contributed by atoms with Gasteiger partial charge in [-0.05, 0) is 36.2 Å². The van der Waals surface area contributed by atoms with Crippen molar-refractivity contribution in [3.63, 3.8) is 0 Å². The molecule has 144 valence electrons. The Labute approximate surface area is 169 Å². The van der Waals surface area contributed by atoms with Gasteiger partial charge in [-0.1, -0.05) is 48.0 Å². The highest BCUT2D eigenvalue weighted by molar-refractivity contribution is 5.57. The molecule has 0 unspecified atom stereocenters. The van der Waals surface area contributed by atoms with Gasteiger partial charge in [0.1, 0.15) is 35.5 Å². The van der Waals surface area contributed by atoms with E-state index in [1.165, 1.54) is 11.6 Å². The highest BCUT2D eigenvalue weighted by Gasteiger charge is 2.30. The lowest BCUT2D eigenvalue weighted by Crippen LogP contribution is -2.20. The van der Waals surface area contributed by atoms with E-state index >= 15 is 0 Å². The van der Waals surface area contributed by atoms with E-state index in [9.17, 15) is 10.4 Å². The summed E-state index contributed by atoms with van der Waals surface area (Å²) in [4.78, 5) is 0. The third-order valence-corrected chi connectivity index (χ3v) is 4.94. The number of nitrogens with two attached hydrogens (primary N) is 1. The largest absolute Gasteiger partial charge is 0.508 e. The number of aryl methyl sites for hydroxylation is 1. The molecule has 0 aliphatic carbocycles. The van der Waals surface area contributed by atoms with E-state index in [1.54, 1.807) is 12.1 Å². The van der Waals surface area contributed by atoms with E-state index in [0.717, 1.165) is 22.4 Å². The molecular weight excluding hydrogens is 364 g/mol. The average Bonchev–Trinajstić information content (AvgIpc) is 2.72. The second kappa shape index (κ2) is 7.61. The third-order valence-electron chi connectivity index (χ3n) is 4.94. The SMILES string of the molecule is Cc1ccc(COc2ccc([C@H]3C(C#N)=C(N)Oc4cc(O)ccc43)cc2)cc1. The maximum Gasteiger partial charge on any atom is 0.205 e. The molecule has 0 saturated heterocycles. The van der Waals surface area contributed by atoms with Crippen molar-refractivity contribution in [2.45, 2.75) is 19.4 Å². The van der Waals surface area contributed by atoms with Gasteiger partial charge in [0.2, 0.25) is 5.88 Å². The number of phenolic OH excluding ortho intramolecular Hbond substituents is 1. The number of nitrogens with zero attached hydrogens (tertiary/aromatic N) is 1. The van der Waals surface area contributed by atoms with Crippen LogP contribution in [0.1, 0.15) is 28.2 Å². The number of fused-ring (bicyclic) bond motifs is 1. The number of benzene rings is 3. The van der Waals surface area contributed by atoms with E-state index in [1.807, 2.05) is 36.4 Å². The number of hydrogen-bond acceptors (Lipinski definition) is 5. The van der Waals surface area contributed by atoms with Gasteiger partial charge in [0, 0.05) is 11.6 Å².